The fraction of sp³-hybridized carbons (Fsp3) is 0.143. The van der Waals surface area contributed by atoms with E-state index in [4.69, 9.17) is 10.5 Å². The molecule has 3 N–H and O–H groups in total. The van der Waals surface area contributed by atoms with E-state index in [2.05, 4.69) is 5.32 Å². The lowest BCUT2D eigenvalue weighted by molar-refractivity contribution is 0.386. The molecule has 0 saturated heterocycles. The lowest BCUT2D eigenvalue weighted by Gasteiger charge is -2.12. The van der Waals surface area contributed by atoms with E-state index in [1.807, 2.05) is 25.1 Å². The van der Waals surface area contributed by atoms with Crippen LogP contribution in [0.2, 0.25) is 0 Å². The van der Waals surface area contributed by atoms with Crippen LogP contribution in [0.25, 0.3) is 0 Å². The SMILES string of the molecule is COc1ccc(Nc2cccc(C)c2N)cc1F. The Labute approximate surface area is 105 Å². The molecule has 0 heterocycles. The number of halogens is 1. The van der Waals surface area contributed by atoms with Gasteiger partial charge in [-0.2, -0.15) is 0 Å². The fourth-order valence-electron chi connectivity index (χ4n) is 1.69. The number of hydrogen-bond donors (Lipinski definition) is 2. The van der Waals surface area contributed by atoms with Gasteiger partial charge in [0.05, 0.1) is 18.5 Å². The summed E-state index contributed by atoms with van der Waals surface area (Å²) in [7, 11) is 1.43. The van der Waals surface area contributed by atoms with Crippen molar-refractivity contribution < 1.29 is 9.13 Å². The molecule has 2 aromatic carbocycles. The molecular weight excluding hydrogens is 231 g/mol. The number of nitrogens with one attached hydrogen (secondary N) is 1. The lowest BCUT2D eigenvalue weighted by atomic mass is 10.1. The summed E-state index contributed by atoms with van der Waals surface area (Å²) in [5.74, 6) is -0.188. The molecule has 0 bridgehead atoms. The van der Waals surface area contributed by atoms with Gasteiger partial charge in [0.25, 0.3) is 0 Å². The van der Waals surface area contributed by atoms with Crippen LogP contribution in [0.4, 0.5) is 21.5 Å². The maximum atomic E-state index is 13.5. The van der Waals surface area contributed by atoms with Gasteiger partial charge in [0, 0.05) is 11.8 Å². The zero-order valence-corrected chi connectivity index (χ0v) is 10.3. The van der Waals surface area contributed by atoms with Crippen molar-refractivity contribution in [2.45, 2.75) is 6.92 Å². The zero-order valence-electron chi connectivity index (χ0n) is 10.3. The van der Waals surface area contributed by atoms with Crippen molar-refractivity contribution in [3.63, 3.8) is 0 Å². The Bertz CT molecular complexity index is 570. The lowest BCUT2D eigenvalue weighted by Crippen LogP contribution is -1.99. The zero-order chi connectivity index (χ0) is 13.1. The molecule has 18 heavy (non-hydrogen) atoms. The third-order valence-corrected chi connectivity index (χ3v) is 2.75. The molecule has 0 aromatic heterocycles. The summed E-state index contributed by atoms with van der Waals surface area (Å²) in [5.41, 5.74) is 8.98. The van der Waals surface area contributed by atoms with Crippen molar-refractivity contribution in [2.24, 2.45) is 0 Å². The minimum atomic E-state index is -0.409. The summed E-state index contributed by atoms with van der Waals surface area (Å²) >= 11 is 0. The molecule has 0 radical (unpaired) electrons. The summed E-state index contributed by atoms with van der Waals surface area (Å²) in [6.07, 6.45) is 0. The van der Waals surface area contributed by atoms with Crippen LogP contribution in [0.5, 0.6) is 5.75 Å². The normalized spacial score (nSPS) is 10.2. The van der Waals surface area contributed by atoms with Crippen molar-refractivity contribution in [1.29, 1.82) is 0 Å². The van der Waals surface area contributed by atoms with E-state index in [1.54, 1.807) is 12.1 Å². The predicted molar refractivity (Wildman–Crippen MR) is 71.8 cm³/mol. The van der Waals surface area contributed by atoms with Crippen molar-refractivity contribution in [1.82, 2.24) is 0 Å². The summed E-state index contributed by atoms with van der Waals surface area (Å²) < 4.78 is 18.4. The minimum absolute atomic E-state index is 0.220. The van der Waals surface area contributed by atoms with Gasteiger partial charge >= 0.3 is 0 Å². The molecule has 0 aliphatic rings. The van der Waals surface area contributed by atoms with Gasteiger partial charge in [0.1, 0.15) is 0 Å². The first-order valence-corrected chi connectivity index (χ1v) is 5.57. The van der Waals surface area contributed by atoms with E-state index in [-0.39, 0.29) is 5.75 Å². The Kier molecular flexibility index (Phi) is 3.37. The van der Waals surface area contributed by atoms with Gasteiger partial charge in [-0.3, -0.25) is 0 Å². The van der Waals surface area contributed by atoms with E-state index in [9.17, 15) is 4.39 Å². The monoisotopic (exact) mass is 246 g/mol. The van der Waals surface area contributed by atoms with Gasteiger partial charge in [0.15, 0.2) is 11.6 Å². The van der Waals surface area contributed by atoms with Gasteiger partial charge in [-0.25, -0.2) is 4.39 Å². The molecule has 0 atom stereocenters. The van der Waals surface area contributed by atoms with Gasteiger partial charge in [-0.15, -0.1) is 0 Å². The molecule has 94 valence electrons. The summed E-state index contributed by atoms with van der Waals surface area (Å²) in [6, 6.07) is 10.4. The van der Waals surface area contributed by atoms with Gasteiger partial charge in [0.2, 0.25) is 0 Å². The highest BCUT2D eigenvalue weighted by Crippen LogP contribution is 2.28. The van der Waals surface area contributed by atoms with Crippen LogP contribution in [-0.4, -0.2) is 7.11 Å². The minimum Gasteiger partial charge on any atom is -0.494 e. The van der Waals surface area contributed by atoms with E-state index in [0.29, 0.717) is 11.4 Å². The smallest absolute Gasteiger partial charge is 0.167 e. The van der Waals surface area contributed by atoms with Crippen molar-refractivity contribution in [3.05, 3.63) is 47.8 Å². The highest BCUT2D eigenvalue weighted by molar-refractivity contribution is 5.75. The van der Waals surface area contributed by atoms with Crippen LogP contribution in [0.1, 0.15) is 5.56 Å². The van der Waals surface area contributed by atoms with Gasteiger partial charge in [-0.05, 0) is 30.7 Å². The van der Waals surface area contributed by atoms with Crippen LogP contribution in [0, 0.1) is 12.7 Å². The number of nitrogen functional groups attached to an aromatic ring is 1. The average Bonchev–Trinajstić information content (AvgIpc) is 2.35. The molecule has 3 nitrogen and oxygen atoms in total. The first-order valence-electron chi connectivity index (χ1n) is 5.57. The Morgan fingerprint density at radius 2 is 2.00 bits per heavy atom. The van der Waals surface area contributed by atoms with Gasteiger partial charge < -0.3 is 15.8 Å². The van der Waals surface area contributed by atoms with E-state index in [0.717, 1.165) is 11.3 Å². The number of aryl methyl sites for hydroxylation is 1. The Morgan fingerprint density at radius 1 is 1.22 bits per heavy atom. The summed E-state index contributed by atoms with van der Waals surface area (Å²) in [6.45, 7) is 1.93. The molecule has 2 aromatic rings. The third-order valence-electron chi connectivity index (χ3n) is 2.75. The second kappa shape index (κ2) is 4.96. The molecule has 0 fully saturated rings. The van der Waals surface area contributed by atoms with Gasteiger partial charge in [-0.1, -0.05) is 12.1 Å². The Hall–Kier alpha value is -2.23. The summed E-state index contributed by atoms with van der Waals surface area (Å²) in [5, 5.41) is 3.08. The van der Waals surface area contributed by atoms with Crippen LogP contribution < -0.4 is 15.8 Å². The number of anilines is 3. The molecule has 0 saturated carbocycles. The molecule has 0 amide bonds. The maximum Gasteiger partial charge on any atom is 0.167 e. The molecule has 0 spiro atoms. The predicted octanol–water partition coefficient (Wildman–Crippen LogP) is 3.47. The Balaban J connectivity index is 2.29. The topological polar surface area (TPSA) is 47.3 Å². The van der Waals surface area contributed by atoms with Crippen LogP contribution in [-0.2, 0) is 0 Å². The number of benzene rings is 2. The first-order chi connectivity index (χ1) is 8.61. The second-order valence-corrected chi connectivity index (χ2v) is 4.01. The first kappa shape index (κ1) is 12.2. The number of rotatable bonds is 3. The molecule has 0 aliphatic carbocycles. The average molecular weight is 246 g/mol. The highest BCUT2D eigenvalue weighted by atomic mass is 19.1. The van der Waals surface area contributed by atoms with E-state index >= 15 is 0 Å². The van der Waals surface area contributed by atoms with E-state index in [1.165, 1.54) is 13.2 Å². The standard InChI is InChI=1S/C14H15FN2O/c1-9-4-3-5-12(14(9)16)17-10-6-7-13(18-2)11(15)8-10/h3-8,17H,16H2,1-2H3. The number of hydrogen-bond acceptors (Lipinski definition) is 3. The van der Waals surface area contributed by atoms with Crippen molar-refractivity contribution >= 4 is 17.1 Å². The number of methoxy groups -OCH3 is 1. The maximum absolute atomic E-state index is 13.5. The molecule has 0 unspecified atom stereocenters. The number of ether oxygens (including phenoxy) is 1. The van der Waals surface area contributed by atoms with Crippen LogP contribution >= 0.6 is 0 Å². The summed E-state index contributed by atoms with van der Waals surface area (Å²) in [4.78, 5) is 0. The highest BCUT2D eigenvalue weighted by Gasteiger charge is 2.05. The van der Waals surface area contributed by atoms with E-state index < -0.39 is 5.82 Å². The number of para-hydroxylation sites is 1. The molecular formula is C14H15FN2O. The van der Waals surface area contributed by atoms with Crippen LogP contribution in [0.3, 0.4) is 0 Å². The number of nitrogens with two attached hydrogens (primary N) is 1. The van der Waals surface area contributed by atoms with Crippen molar-refractivity contribution in [3.8, 4) is 5.75 Å². The largest absolute Gasteiger partial charge is 0.494 e. The molecule has 4 heteroatoms. The quantitative estimate of drug-likeness (QED) is 0.815. The van der Waals surface area contributed by atoms with Crippen LogP contribution in [0.15, 0.2) is 36.4 Å². The molecule has 0 aliphatic heterocycles. The fourth-order valence-corrected chi connectivity index (χ4v) is 1.69. The Morgan fingerprint density at radius 3 is 2.67 bits per heavy atom. The van der Waals surface area contributed by atoms with Crippen molar-refractivity contribution in [2.75, 3.05) is 18.2 Å². The third kappa shape index (κ3) is 2.37. The second-order valence-electron chi connectivity index (χ2n) is 4.01. The molecule has 2 rings (SSSR count).